The van der Waals surface area contributed by atoms with Crippen molar-refractivity contribution in [3.8, 4) is 5.75 Å². The molecule has 0 aliphatic heterocycles. The fourth-order valence-corrected chi connectivity index (χ4v) is 2.93. The fraction of sp³-hybridized carbons (Fsp3) is 0.200. The van der Waals surface area contributed by atoms with Crippen LogP contribution in [-0.4, -0.2) is 11.7 Å². The number of aliphatic hydroxyl groups excluding tert-OH is 1. The van der Waals surface area contributed by atoms with Crippen molar-refractivity contribution in [3.05, 3.63) is 62.5 Å². The van der Waals surface area contributed by atoms with Crippen LogP contribution < -0.4 is 4.74 Å². The molecule has 0 aromatic heterocycles. The van der Waals surface area contributed by atoms with E-state index in [9.17, 15) is 5.11 Å². The second-order valence-electron chi connectivity index (χ2n) is 4.04. The molecular weight excluding hydrogens is 372 g/mol. The maximum Gasteiger partial charge on any atom is 0.120 e. The third-order valence-corrected chi connectivity index (χ3v) is 4.19. The lowest BCUT2D eigenvalue weighted by molar-refractivity contribution is 0.218. The van der Waals surface area contributed by atoms with Crippen molar-refractivity contribution in [1.29, 1.82) is 0 Å². The third-order valence-electron chi connectivity index (χ3n) is 2.78. The number of halogens is 2. The summed E-state index contributed by atoms with van der Waals surface area (Å²) in [6, 6.07) is 13.3. The van der Waals surface area contributed by atoms with Gasteiger partial charge in [0, 0.05) is 8.95 Å². The molecule has 0 saturated carbocycles. The molecule has 1 atom stereocenters. The van der Waals surface area contributed by atoms with E-state index in [4.69, 9.17) is 4.74 Å². The van der Waals surface area contributed by atoms with Gasteiger partial charge in [-0.2, -0.15) is 0 Å². The normalized spacial score (nSPS) is 12.2. The molecule has 0 bridgehead atoms. The van der Waals surface area contributed by atoms with Crippen LogP contribution in [0.1, 0.15) is 24.2 Å². The Labute approximate surface area is 129 Å². The Morgan fingerprint density at radius 3 is 2.37 bits per heavy atom. The van der Waals surface area contributed by atoms with Crippen LogP contribution in [0.3, 0.4) is 0 Å². The highest BCUT2D eigenvalue weighted by Gasteiger charge is 2.16. The molecule has 0 spiro atoms. The van der Waals surface area contributed by atoms with Crippen LogP contribution in [0.5, 0.6) is 5.75 Å². The Bertz CT molecular complexity index is 570. The topological polar surface area (TPSA) is 29.5 Å². The molecule has 0 saturated heterocycles. The van der Waals surface area contributed by atoms with E-state index in [0.717, 1.165) is 25.8 Å². The highest BCUT2D eigenvalue weighted by molar-refractivity contribution is 9.10. The summed E-state index contributed by atoms with van der Waals surface area (Å²) in [5, 5.41) is 10.5. The van der Waals surface area contributed by atoms with Gasteiger partial charge < -0.3 is 9.84 Å². The zero-order chi connectivity index (χ0) is 13.8. The number of rotatable bonds is 4. The highest BCUT2D eigenvalue weighted by atomic mass is 79.9. The molecule has 100 valence electrons. The predicted molar refractivity (Wildman–Crippen MR) is 83.5 cm³/mol. The standard InChI is InChI=1S/C15H14Br2O2/c1-2-19-10-7-8-12(14(17)9-10)15(18)11-5-3-4-6-13(11)16/h3-9,15,18H,2H2,1H3. The Kier molecular flexibility index (Phi) is 5.02. The van der Waals surface area contributed by atoms with Crippen LogP contribution in [0.15, 0.2) is 51.4 Å². The van der Waals surface area contributed by atoms with Crippen molar-refractivity contribution in [2.24, 2.45) is 0 Å². The van der Waals surface area contributed by atoms with Gasteiger partial charge in [-0.3, -0.25) is 0 Å². The number of hydrogen-bond acceptors (Lipinski definition) is 2. The van der Waals surface area contributed by atoms with Gasteiger partial charge >= 0.3 is 0 Å². The molecule has 2 nitrogen and oxygen atoms in total. The van der Waals surface area contributed by atoms with Gasteiger partial charge in [-0.1, -0.05) is 56.1 Å². The lowest BCUT2D eigenvalue weighted by Crippen LogP contribution is -2.02. The molecular formula is C15H14Br2O2. The van der Waals surface area contributed by atoms with Crippen LogP contribution in [0, 0.1) is 0 Å². The molecule has 2 rings (SSSR count). The molecule has 0 amide bonds. The number of aliphatic hydroxyl groups is 1. The molecule has 4 heteroatoms. The number of hydrogen-bond donors (Lipinski definition) is 1. The van der Waals surface area contributed by atoms with Gasteiger partial charge in [-0.25, -0.2) is 0 Å². The van der Waals surface area contributed by atoms with Gasteiger partial charge in [0.25, 0.3) is 0 Å². The van der Waals surface area contributed by atoms with E-state index in [2.05, 4.69) is 31.9 Å². The van der Waals surface area contributed by atoms with Gasteiger partial charge in [-0.15, -0.1) is 0 Å². The van der Waals surface area contributed by atoms with Crippen molar-refractivity contribution in [3.63, 3.8) is 0 Å². The van der Waals surface area contributed by atoms with Crippen molar-refractivity contribution in [1.82, 2.24) is 0 Å². The lowest BCUT2D eigenvalue weighted by Gasteiger charge is -2.15. The summed E-state index contributed by atoms with van der Waals surface area (Å²) in [7, 11) is 0. The van der Waals surface area contributed by atoms with Gasteiger partial charge in [0.15, 0.2) is 0 Å². The molecule has 0 aliphatic carbocycles. The van der Waals surface area contributed by atoms with E-state index < -0.39 is 6.10 Å². The average molecular weight is 386 g/mol. The highest BCUT2D eigenvalue weighted by Crippen LogP contribution is 2.34. The largest absolute Gasteiger partial charge is 0.494 e. The summed E-state index contributed by atoms with van der Waals surface area (Å²) in [6.45, 7) is 2.57. The molecule has 1 unspecified atom stereocenters. The second kappa shape index (κ2) is 6.55. The smallest absolute Gasteiger partial charge is 0.120 e. The first-order valence-electron chi connectivity index (χ1n) is 5.98. The first kappa shape index (κ1) is 14.6. The molecule has 1 N–H and O–H groups in total. The van der Waals surface area contributed by atoms with E-state index in [-0.39, 0.29) is 0 Å². The summed E-state index contributed by atoms with van der Waals surface area (Å²) >= 11 is 6.94. The predicted octanol–water partition coefficient (Wildman–Crippen LogP) is 4.69. The minimum Gasteiger partial charge on any atom is -0.494 e. The summed E-state index contributed by atoms with van der Waals surface area (Å²) < 4.78 is 7.16. The van der Waals surface area contributed by atoms with E-state index in [1.54, 1.807) is 0 Å². The molecule has 0 fully saturated rings. The molecule has 2 aromatic rings. The minimum absolute atomic E-state index is 0.624. The van der Waals surface area contributed by atoms with Crippen LogP contribution in [0.2, 0.25) is 0 Å². The van der Waals surface area contributed by atoms with Gasteiger partial charge in [-0.05, 0) is 36.2 Å². The van der Waals surface area contributed by atoms with Gasteiger partial charge in [0.05, 0.1) is 6.61 Å². The maximum absolute atomic E-state index is 10.5. The van der Waals surface area contributed by atoms with Crippen molar-refractivity contribution in [2.75, 3.05) is 6.61 Å². The monoisotopic (exact) mass is 384 g/mol. The van der Waals surface area contributed by atoms with Gasteiger partial charge in [0.2, 0.25) is 0 Å². The number of ether oxygens (including phenoxy) is 1. The molecule has 2 aromatic carbocycles. The van der Waals surface area contributed by atoms with Crippen LogP contribution in [0.25, 0.3) is 0 Å². The van der Waals surface area contributed by atoms with E-state index in [0.29, 0.717) is 6.61 Å². The lowest BCUT2D eigenvalue weighted by atomic mass is 10.0. The summed E-state index contributed by atoms with van der Waals surface area (Å²) in [5.41, 5.74) is 1.66. The summed E-state index contributed by atoms with van der Waals surface area (Å²) in [4.78, 5) is 0. The Morgan fingerprint density at radius 1 is 1.05 bits per heavy atom. The zero-order valence-corrected chi connectivity index (χ0v) is 13.6. The average Bonchev–Trinajstić information content (AvgIpc) is 2.39. The van der Waals surface area contributed by atoms with Crippen LogP contribution in [-0.2, 0) is 0 Å². The van der Waals surface area contributed by atoms with Crippen molar-refractivity contribution in [2.45, 2.75) is 13.0 Å². The quantitative estimate of drug-likeness (QED) is 0.826. The van der Waals surface area contributed by atoms with Crippen molar-refractivity contribution < 1.29 is 9.84 Å². The molecule has 19 heavy (non-hydrogen) atoms. The first-order valence-corrected chi connectivity index (χ1v) is 7.56. The second-order valence-corrected chi connectivity index (χ2v) is 5.75. The van der Waals surface area contributed by atoms with Crippen LogP contribution >= 0.6 is 31.9 Å². The Balaban J connectivity index is 2.34. The SMILES string of the molecule is CCOc1ccc(C(O)c2ccccc2Br)c(Br)c1. The first-order chi connectivity index (χ1) is 9.13. The fourth-order valence-electron chi connectivity index (χ4n) is 1.85. The minimum atomic E-state index is -0.680. The van der Waals surface area contributed by atoms with Gasteiger partial charge in [0.1, 0.15) is 11.9 Å². The van der Waals surface area contributed by atoms with E-state index >= 15 is 0 Å². The number of benzene rings is 2. The maximum atomic E-state index is 10.5. The molecule has 0 radical (unpaired) electrons. The molecule has 0 aliphatic rings. The van der Waals surface area contributed by atoms with E-state index in [1.165, 1.54) is 0 Å². The van der Waals surface area contributed by atoms with Crippen LogP contribution in [0.4, 0.5) is 0 Å². The van der Waals surface area contributed by atoms with Crippen molar-refractivity contribution >= 4 is 31.9 Å². The molecule has 0 heterocycles. The Hall–Kier alpha value is -0.840. The Morgan fingerprint density at radius 2 is 1.74 bits per heavy atom. The third kappa shape index (κ3) is 3.38. The summed E-state index contributed by atoms with van der Waals surface area (Å²) in [6.07, 6.45) is -0.680. The zero-order valence-electron chi connectivity index (χ0n) is 10.4. The van der Waals surface area contributed by atoms with E-state index in [1.807, 2.05) is 49.4 Å². The summed E-state index contributed by atoms with van der Waals surface area (Å²) in [5.74, 6) is 0.789.